The lowest BCUT2D eigenvalue weighted by molar-refractivity contribution is -0.139. The molecule has 1 atom stereocenters. The minimum absolute atomic E-state index is 0.300. The number of carboxylic acids is 1. The maximum Gasteiger partial charge on any atom is 0.328 e. The van der Waals surface area contributed by atoms with Crippen LogP contribution >= 0.6 is 0 Å². The molecule has 0 aliphatic rings. The zero-order valence-corrected chi connectivity index (χ0v) is 13.9. The minimum atomic E-state index is -1.54. The van der Waals surface area contributed by atoms with E-state index < -0.39 is 24.6 Å². The van der Waals surface area contributed by atoms with Gasteiger partial charge in [0.1, 0.15) is 6.67 Å². The number of methoxy groups -OCH3 is 1. The fraction of sp³-hybridized carbons (Fsp3) is 0.412. The minimum Gasteiger partial charge on any atom is -0.480 e. The lowest BCUT2D eigenvalue weighted by Gasteiger charge is -2.11. The summed E-state index contributed by atoms with van der Waals surface area (Å²) in [5.41, 5.74) is 3.39. The molecule has 0 aliphatic heterocycles. The molecule has 1 unspecified atom stereocenters. The number of rotatable bonds is 7. The van der Waals surface area contributed by atoms with Gasteiger partial charge in [-0.15, -0.1) is 0 Å². The van der Waals surface area contributed by atoms with Gasteiger partial charge >= 0.3 is 5.97 Å². The van der Waals surface area contributed by atoms with Gasteiger partial charge in [-0.1, -0.05) is 0 Å². The van der Waals surface area contributed by atoms with Crippen LogP contribution in [-0.4, -0.2) is 48.0 Å². The molecule has 2 rings (SSSR count). The van der Waals surface area contributed by atoms with E-state index in [-0.39, 0.29) is 0 Å². The molecule has 0 spiro atoms. The van der Waals surface area contributed by atoms with Gasteiger partial charge in [0.15, 0.2) is 6.04 Å². The molecular weight excluding hydrogens is 315 g/mol. The molecule has 0 aliphatic carbocycles. The van der Waals surface area contributed by atoms with Gasteiger partial charge in [-0.2, -0.15) is 0 Å². The predicted molar refractivity (Wildman–Crippen MR) is 88.2 cm³/mol. The van der Waals surface area contributed by atoms with Crippen LogP contribution in [0.25, 0.3) is 10.9 Å². The number of fused-ring (bicyclic) bond motifs is 1. The first kappa shape index (κ1) is 17.9. The third-order valence-electron chi connectivity index (χ3n) is 4.18. The molecule has 0 radical (unpaired) electrons. The number of hydrogen-bond acceptors (Lipinski definition) is 3. The van der Waals surface area contributed by atoms with Gasteiger partial charge in [0.05, 0.1) is 6.61 Å². The number of carboxylic acid groups (broad SMARTS) is 1. The molecule has 6 nitrogen and oxygen atoms in total. The first-order chi connectivity index (χ1) is 11.4. The number of amides is 1. The number of hydrogen-bond donors (Lipinski definition) is 2. The molecule has 0 bridgehead atoms. The molecule has 0 fully saturated rings. The number of alkyl halides is 1. The number of aliphatic carboxylic acids is 1. The molecule has 7 heteroatoms. The molecule has 24 heavy (non-hydrogen) atoms. The average molecular weight is 336 g/mol. The Hall–Kier alpha value is -2.41. The summed E-state index contributed by atoms with van der Waals surface area (Å²) in [7, 11) is 1.64. The molecule has 2 aromatic rings. The van der Waals surface area contributed by atoms with E-state index in [1.165, 1.54) is 0 Å². The van der Waals surface area contributed by atoms with Crippen LogP contribution < -0.4 is 5.32 Å². The van der Waals surface area contributed by atoms with Gasteiger partial charge in [0, 0.05) is 35.8 Å². The van der Waals surface area contributed by atoms with Crippen LogP contribution in [0.4, 0.5) is 4.39 Å². The van der Waals surface area contributed by atoms with Gasteiger partial charge < -0.3 is 19.7 Å². The largest absolute Gasteiger partial charge is 0.480 e. The third-order valence-corrected chi connectivity index (χ3v) is 4.18. The van der Waals surface area contributed by atoms with Crippen LogP contribution in [0, 0.1) is 13.8 Å². The second-order valence-corrected chi connectivity index (χ2v) is 5.61. The van der Waals surface area contributed by atoms with Crippen molar-refractivity contribution in [2.75, 3.05) is 20.4 Å². The molecule has 1 aromatic heterocycles. The summed E-state index contributed by atoms with van der Waals surface area (Å²) < 4.78 is 19.9. The van der Waals surface area contributed by atoms with Crippen molar-refractivity contribution in [1.29, 1.82) is 0 Å². The molecule has 1 amide bonds. The van der Waals surface area contributed by atoms with E-state index in [9.17, 15) is 14.0 Å². The number of aromatic nitrogens is 1. The predicted octanol–water partition coefficient (Wildman–Crippen LogP) is 2.06. The zero-order chi connectivity index (χ0) is 17.9. The van der Waals surface area contributed by atoms with E-state index in [4.69, 9.17) is 9.84 Å². The maximum atomic E-state index is 12.7. The summed E-state index contributed by atoms with van der Waals surface area (Å²) in [6.45, 7) is 4.07. The van der Waals surface area contributed by atoms with Crippen molar-refractivity contribution in [2.24, 2.45) is 0 Å². The van der Waals surface area contributed by atoms with Crippen molar-refractivity contribution < 1.29 is 23.8 Å². The van der Waals surface area contributed by atoms with Crippen molar-refractivity contribution in [3.8, 4) is 0 Å². The lowest BCUT2D eigenvalue weighted by atomic mass is 10.1. The van der Waals surface area contributed by atoms with Crippen LogP contribution in [0.3, 0.4) is 0 Å². The molecule has 0 saturated heterocycles. The Balaban J connectivity index is 2.36. The summed E-state index contributed by atoms with van der Waals surface area (Å²) in [6.07, 6.45) is 0. The highest BCUT2D eigenvalue weighted by Crippen LogP contribution is 2.26. The van der Waals surface area contributed by atoms with Gasteiger partial charge in [-0.05, 0) is 37.6 Å². The maximum absolute atomic E-state index is 12.7. The number of nitrogens with one attached hydrogen (secondary N) is 1. The van der Waals surface area contributed by atoms with E-state index in [1.807, 2.05) is 19.9 Å². The highest BCUT2D eigenvalue weighted by Gasteiger charge is 2.21. The van der Waals surface area contributed by atoms with Crippen LogP contribution in [0.15, 0.2) is 18.2 Å². The van der Waals surface area contributed by atoms with Gasteiger partial charge in [0.25, 0.3) is 5.91 Å². The number of ether oxygens (including phenoxy) is 1. The standard InChI is InChI=1S/C17H21FN2O4/c1-10-11(2)20(6-7-24-3)15-5-4-12(8-13(10)15)16(21)19-14(9-18)17(22)23/h4-5,8,14H,6-7,9H2,1-3H3,(H,19,21)(H,22,23). The van der Waals surface area contributed by atoms with Crippen LogP contribution in [0.5, 0.6) is 0 Å². The molecule has 2 N–H and O–H groups in total. The Morgan fingerprint density at radius 3 is 2.67 bits per heavy atom. The molecule has 0 saturated carbocycles. The number of nitrogens with zero attached hydrogens (tertiary/aromatic N) is 1. The fourth-order valence-corrected chi connectivity index (χ4v) is 2.67. The van der Waals surface area contributed by atoms with E-state index in [0.717, 1.165) is 22.2 Å². The summed E-state index contributed by atoms with van der Waals surface area (Å²) in [6, 6.07) is 3.58. The Kier molecular flexibility index (Phi) is 5.56. The Labute approximate surface area is 139 Å². The normalized spacial score (nSPS) is 12.3. The smallest absolute Gasteiger partial charge is 0.328 e. The number of aryl methyl sites for hydroxylation is 1. The number of carbonyl (C=O) groups is 2. The molecular formula is C17H21FN2O4. The highest BCUT2D eigenvalue weighted by atomic mass is 19.1. The molecule has 1 heterocycles. The van der Waals surface area contributed by atoms with E-state index >= 15 is 0 Å². The number of carbonyl (C=O) groups excluding carboxylic acids is 1. The van der Waals surface area contributed by atoms with E-state index in [1.54, 1.807) is 19.2 Å². The van der Waals surface area contributed by atoms with Crippen LogP contribution in [0.1, 0.15) is 21.6 Å². The first-order valence-electron chi connectivity index (χ1n) is 7.58. The summed E-state index contributed by atoms with van der Waals surface area (Å²) in [4.78, 5) is 23.0. The third kappa shape index (κ3) is 3.41. The Morgan fingerprint density at radius 2 is 2.08 bits per heavy atom. The van der Waals surface area contributed by atoms with Crippen molar-refractivity contribution in [2.45, 2.75) is 26.4 Å². The highest BCUT2D eigenvalue weighted by molar-refractivity contribution is 6.00. The van der Waals surface area contributed by atoms with Crippen molar-refractivity contribution in [3.05, 3.63) is 35.0 Å². The van der Waals surface area contributed by atoms with Crippen molar-refractivity contribution in [3.63, 3.8) is 0 Å². The van der Waals surface area contributed by atoms with E-state index in [2.05, 4.69) is 9.88 Å². The fourth-order valence-electron chi connectivity index (χ4n) is 2.67. The number of halogens is 1. The topological polar surface area (TPSA) is 80.6 Å². The van der Waals surface area contributed by atoms with Gasteiger partial charge in [-0.3, -0.25) is 4.79 Å². The van der Waals surface area contributed by atoms with E-state index in [0.29, 0.717) is 18.7 Å². The lowest BCUT2D eigenvalue weighted by Crippen LogP contribution is -2.42. The van der Waals surface area contributed by atoms with Crippen LogP contribution in [-0.2, 0) is 16.1 Å². The number of benzene rings is 1. The Bertz CT molecular complexity index is 770. The zero-order valence-electron chi connectivity index (χ0n) is 13.9. The first-order valence-corrected chi connectivity index (χ1v) is 7.58. The van der Waals surface area contributed by atoms with Gasteiger partial charge in [-0.25, -0.2) is 9.18 Å². The van der Waals surface area contributed by atoms with Crippen LogP contribution in [0.2, 0.25) is 0 Å². The molecule has 1 aromatic carbocycles. The monoisotopic (exact) mass is 336 g/mol. The van der Waals surface area contributed by atoms with Crippen molar-refractivity contribution in [1.82, 2.24) is 9.88 Å². The van der Waals surface area contributed by atoms with Gasteiger partial charge in [0.2, 0.25) is 0 Å². The second-order valence-electron chi connectivity index (χ2n) is 5.61. The SMILES string of the molecule is COCCn1c(C)c(C)c2cc(C(=O)NC(CF)C(=O)O)ccc21. The summed E-state index contributed by atoms with van der Waals surface area (Å²) in [5, 5.41) is 11.9. The quantitative estimate of drug-likeness (QED) is 0.811. The average Bonchev–Trinajstić information content (AvgIpc) is 2.81. The Morgan fingerprint density at radius 1 is 1.38 bits per heavy atom. The molecule has 130 valence electrons. The second kappa shape index (κ2) is 7.44. The summed E-state index contributed by atoms with van der Waals surface area (Å²) in [5.74, 6) is -2.01. The summed E-state index contributed by atoms with van der Waals surface area (Å²) >= 11 is 0. The van der Waals surface area contributed by atoms with Crippen molar-refractivity contribution >= 4 is 22.8 Å².